The Balaban J connectivity index is 2.06. The highest BCUT2D eigenvalue weighted by atomic mass is 127. The number of halogens is 1. The van der Waals surface area contributed by atoms with Gasteiger partial charge >= 0.3 is 0 Å². The molecule has 0 radical (unpaired) electrons. The van der Waals surface area contributed by atoms with Gasteiger partial charge in [0, 0.05) is 16.8 Å². The van der Waals surface area contributed by atoms with Crippen molar-refractivity contribution < 1.29 is 14.9 Å². The molecule has 106 valence electrons. The highest BCUT2D eigenvalue weighted by molar-refractivity contribution is 14.1. The van der Waals surface area contributed by atoms with E-state index in [1.54, 1.807) is 0 Å². The predicted octanol–water partition coefficient (Wildman–Crippen LogP) is 2.72. The summed E-state index contributed by atoms with van der Waals surface area (Å²) in [4.78, 5) is 0. The van der Waals surface area contributed by atoms with Gasteiger partial charge in [0.05, 0.1) is 11.7 Å². The van der Waals surface area contributed by atoms with E-state index in [0.29, 0.717) is 18.3 Å². The molecule has 0 spiro atoms. The van der Waals surface area contributed by atoms with Crippen LogP contribution in [0.5, 0.6) is 0 Å². The van der Waals surface area contributed by atoms with Gasteiger partial charge in [0.15, 0.2) is 6.29 Å². The number of hydrogen-bond acceptors (Lipinski definition) is 3. The van der Waals surface area contributed by atoms with Crippen LogP contribution in [0.15, 0.2) is 0 Å². The molecule has 0 saturated heterocycles. The second-order valence-corrected chi connectivity index (χ2v) is 7.41. The Bertz CT molecular complexity index is 265. The van der Waals surface area contributed by atoms with Gasteiger partial charge in [-0.2, -0.15) is 0 Å². The first-order valence-electron chi connectivity index (χ1n) is 7.04. The van der Waals surface area contributed by atoms with Crippen LogP contribution in [0.25, 0.3) is 0 Å². The molecule has 0 amide bonds. The first-order chi connectivity index (χ1) is 8.44. The lowest BCUT2D eigenvalue weighted by molar-refractivity contribution is -0.242. The van der Waals surface area contributed by atoms with Crippen LogP contribution in [0.1, 0.15) is 46.0 Å². The summed E-state index contributed by atoms with van der Waals surface area (Å²) >= 11 is 2.28. The van der Waals surface area contributed by atoms with Crippen molar-refractivity contribution in [2.24, 2.45) is 17.8 Å². The largest absolute Gasteiger partial charge is 0.393 e. The molecule has 6 unspecified atom stereocenters. The SMILES string of the molecule is CC1CC2CC(O)CC(OC(O)C(C)CI)(C1)C2. The molecule has 3 nitrogen and oxygen atoms in total. The van der Waals surface area contributed by atoms with E-state index in [4.69, 9.17) is 4.74 Å². The van der Waals surface area contributed by atoms with Crippen molar-refractivity contribution in [1.82, 2.24) is 0 Å². The molecule has 18 heavy (non-hydrogen) atoms. The van der Waals surface area contributed by atoms with Crippen LogP contribution in [-0.4, -0.2) is 32.6 Å². The summed E-state index contributed by atoms with van der Waals surface area (Å²) in [5, 5.41) is 20.2. The first-order valence-corrected chi connectivity index (χ1v) is 8.56. The maximum absolute atomic E-state index is 10.1. The number of rotatable bonds is 4. The van der Waals surface area contributed by atoms with Gasteiger partial charge in [0.25, 0.3) is 0 Å². The van der Waals surface area contributed by atoms with Crippen molar-refractivity contribution in [3.05, 3.63) is 0 Å². The molecule has 0 heterocycles. The minimum absolute atomic E-state index is 0.148. The van der Waals surface area contributed by atoms with E-state index < -0.39 is 6.29 Å². The summed E-state index contributed by atoms with van der Waals surface area (Å²) < 4.78 is 6.92. The van der Waals surface area contributed by atoms with Gasteiger partial charge in [-0.1, -0.05) is 36.4 Å². The van der Waals surface area contributed by atoms with E-state index in [1.807, 2.05) is 6.92 Å². The maximum atomic E-state index is 10.1. The predicted molar refractivity (Wildman–Crippen MR) is 79.6 cm³/mol. The normalized spacial score (nSPS) is 43.5. The first kappa shape index (κ1) is 15.0. The molecule has 0 aromatic carbocycles. The highest BCUT2D eigenvalue weighted by Crippen LogP contribution is 2.48. The van der Waals surface area contributed by atoms with Crippen LogP contribution < -0.4 is 0 Å². The Kier molecular flexibility index (Phi) is 4.95. The Labute approximate surface area is 123 Å². The molecular weight excluding hydrogens is 343 g/mol. The zero-order chi connectivity index (χ0) is 13.3. The fraction of sp³-hybridized carbons (Fsp3) is 1.00. The van der Waals surface area contributed by atoms with E-state index in [1.165, 1.54) is 6.42 Å². The molecule has 6 atom stereocenters. The molecule has 2 saturated carbocycles. The zero-order valence-corrected chi connectivity index (χ0v) is 13.5. The van der Waals surface area contributed by atoms with Crippen LogP contribution in [0.4, 0.5) is 0 Å². The van der Waals surface area contributed by atoms with Crippen molar-refractivity contribution in [2.45, 2.75) is 63.9 Å². The van der Waals surface area contributed by atoms with Crippen LogP contribution in [0, 0.1) is 17.8 Å². The summed E-state index contributed by atoms with van der Waals surface area (Å²) in [5.41, 5.74) is -0.278. The topological polar surface area (TPSA) is 49.7 Å². The van der Waals surface area contributed by atoms with E-state index in [2.05, 4.69) is 29.5 Å². The molecule has 2 rings (SSSR count). The summed E-state index contributed by atoms with van der Waals surface area (Å²) in [6, 6.07) is 0. The fourth-order valence-electron chi connectivity index (χ4n) is 3.82. The number of aliphatic hydroxyl groups is 2. The number of hydrogen-bond donors (Lipinski definition) is 2. The molecule has 2 aliphatic carbocycles. The second kappa shape index (κ2) is 5.94. The summed E-state index contributed by atoms with van der Waals surface area (Å²) in [5.74, 6) is 1.35. The standard InChI is InChI=1S/C14H25IO3/c1-9-3-11-4-12(16)7-14(5-9,6-11)18-13(17)10(2)8-15/h9-13,16-17H,3-8H2,1-2H3. The van der Waals surface area contributed by atoms with Gasteiger partial charge in [0.1, 0.15) is 0 Å². The van der Waals surface area contributed by atoms with Gasteiger partial charge in [0.2, 0.25) is 0 Å². The van der Waals surface area contributed by atoms with E-state index in [0.717, 1.165) is 23.7 Å². The van der Waals surface area contributed by atoms with Crippen LogP contribution in [-0.2, 0) is 4.74 Å². The van der Waals surface area contributed by atoms with Crippen molar-refractivity contribution >= 4 is 22.6 Å². The molecule has 0 aromatic rings. The smallest absolute Gasteiger partial charge is 0.158 e. The van der Waals surface area contributed by atoms with Gasteiger partial charge in [-0.3, -0.25) is 0 Å². The van der Waals surface area contributed by atoms with E-state index in [-0.39, 0.29) is 17.6 Å². The van der Waals surface area contributed by atoms with Crippen molar-refractivity contribution in [1.29, 1.82) is 0 Å². The van der Waals surface area contributed by atoms with Gasteiger partial charge in [-0.15, -0.1) is 0 Å². The van der Waals surface area contributed by atoms with Crippen LogP contribution >= 0.6 is 22.6 Å². The molecule has 4 heteroatoms. The summed E-state index contributed by atoms with van der Waals surface area (Å²) in [6.07, 6.45) is 3.84. The fourth-order valence-corrected chi connectivity index (χ4v) is 4.25. The molecule has 2 aliphatic rings. The van der Waals surface area contributed by atoms with Crippen molar-refractivity contribution in [3.8, 4) is 0 Å². The van der Waals surface area contributed by atoms with Crippen LogP contribution in [0.3, 0.4) is 0 Å². The van der Waals surface area contributed by atoms with Gasteiger partial charge in [-0.05, 0) is 37.5 Å². The molecular formula is C14H25IO3. The minimum atomic E-state index is -0.696. The molecule has 2 N–H and O–H groups in total. The lowest BCUT2D eigenvalue weighted by Gasteiger charge is -2.50. The number of fused-ring (bicyclic) bond motifs is 2. The Morgan fingerprint density at radius 3 is 2.72 bits per heavy atom. The third kappa shape index (κ3) is 3.38. The lowest BCUT2D eigenvalue weighted by Crippen LogP contribution is -2.51. The van der Waals surface area contributed by atoms with Crippen molar-refractivity contribution in [2.75, 3.05) is 4.43 Å². The average Bonchev–Trinajstić information content (AvgIpc) is 2.24. The highest BCUT2D eigenvalue weighted by Gasteiger charge is 2.47. The minimum Gasteiger partial charge on any atom is -0.393 e. The number of ether oxygens (including phenoxy) is 1. The number of aliphatic hydroxyl groups excluding tert-OH is 2. The quantitative estimate of drug-likeness (QED) is 0.456. The van der Waals surface area contributed by atoms with E-state index >= 15 is 0 Å². The molecule has 0 aromatic heterocycles. The Morgan fingerprint density at radius 2 is 2.06 bits per heavy atom. The van der Waals surface area contributed by atoms with Gasteiger partial charge in [-0.25, -0.2) is 0 Å². The lowest BCUT2D eigenvalue weighted by atomic mass is 9.64. The monoisotopic (exact) mass is 368 g/mol. The Hall–Kier alpha value is 0.610. The molecule has 2 fully saturated rings. The molecule has 0 aliphatic heterocycles. The third-order valence-electron chi connectivity index (χ3n) is 4.43. The van der Waals surface area contributed by atoms with Crippen LogP contribution in [0.2, 0.25) is 0 Å². The second-order valence-electron chi connectivity index (χ2n) is 6.53. The average molecular weight is 368 g/mol. The molecule has 2 bridgehead atoms. The van der Waals surface area contributed by atoms with Crippen molar-refractivity contribution in [3.63, 3.8) is 0 Å². The zero-order valence-electron chi connectivity index (χ0n) is 11.3. The summed E-state index contributed by atoms with van der Waals surface area (Å²) in [7, 11) is 0. The van der Waals surface area contributed by atoms with Gasteiger partial charge < -0.3 is 14.9 Å². The number of alkyl halides is 1. The maximum Gasteiger partial charge on any atom is 0.158 e. The van der Waals surface area contributed by atoms with E-state index in [9.17, 15) is 10.2 Å². The Morgan fingerprint density at radius 1 is 1.33 bits per heavy atom. The summed E-state index contributed by atoms with van der Waals surface area (Å²) in [6.45, 7) is 4.27. The third-order valence-corrected chi connectivity index (χ3v) is 5.82.